The van der Waals surface area contributed by atoms with E-state index in [0.29, 0.717) is 46.7 Å². The van der Waals surface area contributed by atoms with Crippen molar-refractivity contribution in [3.8, 4) is 6.07 Å². The lowest BCUT2D eigenvalue weighted by atomic mass is 9.77. The molecule has 1 amide bonds. The molecule has 0 saturated carbocycles. The molecule has 176 valence electrons. The van der Waals surface area contributed by atoms with E-state index >= 15 is 0 Å². The van der Waals surface area contributed by atoms with Gasteiger partial charge < -0.3 is 0 Å². The average Bonchev–Trinajstić information content (AvgIpc) is 2.98. The number of alkyl halides is 3. The van der Waals surface area contributed by atoms with E-state index in [-0.39, 0.29) is 18.1 Å². The minimum Gasteiger partial charge on any atom is -0.294 e. The van der Waals surface area contributed by atoms with E-state index in [1.807, 2.05) is 0 Å². The van der Waals surface area contributed by atoms with Gasteiger partial charge in [-0.15, -0.1) is 11.3 Å². The number of rotatable bonds is 2. The Kier molecular flexibility index (Phi) is 5.85. The Morgan fingerprint density at radius 2 is 1.71 bits per heavy atom. The van der Waals surface area contributed by atoms with Gasteiger partial charge in [-0.25, -0.2) is 0 Å². The second-order valence-electron chi connectivity index (χ2n) is 9.10. The summed E-state index contributed by atoms with van der Waals surface area (Å²) in [5.74, 6) is -0.858. The van der Waals surface area contributed by atoms with E-state index in [2.05, 4.69) is 6.07 Å². The van der Waals surface area contributed by atoms with Crippen molar-refractivity contribution in [3.63, 3.8) is 0 Å². The van der Waals surface area contributed by atoms with Gasteiger partial charge in [-0.05, 0) is 61.8 Å². The summed E-state index contributed by atoms with van der Waals surface area (Å²) in [7, 11) is 0. The standard InChI is InChI=1S/C26H23F3N2O2S/c27-26(28,29)16-11-9-15(10-12-16)18-13-23(33)31(20-6-4-7-21(32)24(18)20)25-19(14-30)17-5-2-1-3-8-22(17)34-25/h9-12,18H,1-8,13H2/t18-/m1/s1. The molecule has 34 heavy (non-hydrogen) atoms. The number of benzene rings is 1. The Morgan fingerprint density at radius 1 is 0.971 bits per heavy atom. The van der Waals surface area contributed by atoms with Crippen LogP contribution in [0.4, 0.5) is 18.2 Å². The van der Waals surface area contributed by atoms with Crippen LogP contribution < -0.4 is 4.90 Å². The smallest absolute Gasteiger partial charge is 0.294 e. The number of carbonyl (C=O) groups excluding carboxylic acids is 2. The number of Topliss-reactive ketones (excluding diaryl/α,β-unsaturated/α-hetero) is 1. The van der Waals surface area contributed by atoms with E-state index in [9.17, 15) is 28.0 Å². The molecular weight excluding hydrogens is 461 g/mol. The van der Waals surface area contributed by atoms with Gasteiger partial charge in [-0.1, -0.05) is 18.6 Å². The summed E-state index contributed by atoms with van der Waals surface area (Å²) >= 11 is 1.48. The van der Waals surface area contributed by atoms with Gasteiger partial charge in [0.05, 0.1) is 11.1 Å². The molecule has 1 aromatic carbocycles. The number of nitrogens with zero attached hydrogens (tertiary/aromatic N) is 2. The second kappa shape index (κ2) is 8.70. The van der Waals surface area contributed by atoms with Crippen LogP contribution in [0.2, 0.25) is 0 Å². The number of aryl methyl sites for hydroxylation is 1. The van der Waals surface area contributed by atoms with Gasteiger partial charge in [0.25, 0.3) is 0 Å². The lowest BCUT2D eigenvalue weighted by Crippen LogP contribution is -2.40. The molecular formula is C26H23F3N2O2S. The van der Waals surface area contributed by atoms with E-state index < -0.39 is 17.7 Å². The number of fused-ring (bicyclic) bond motifs is 1. The van der Waals surface area contributed by atoms with E-state index in [0.717, 1.165) is 54.7 Å². The van der Waals surface area contributed by atoms with Crippen LogP contribution in [0.1, 0.15) is 78.0 Å². The molecule has 4 nitrogen and oxygen atoms in total. The highest BCUT2D eigenvalue weighted by Gasteiger charge is 2.42. The largest absolute Gasteiger partial charge is 0.416 e. The molecule has 2 heterocycles. The summed E-state index contributed by atoms with van der Waals surface area (Å²) in [6, 6.07) is 7.07. The summed E-state index contributed by atoms with van der Waals surface area (Å²) in [6.07, 6.45) is 1.89. The number of hydrogen-bond acceptors (Lipinski definition) is 4. The van der Waals surface area contributed by atoms with Crippen LogP contribution in [0.5, 0.6) is 0 Å². The number of allylic oxidation sites excluding steroid dienone is 2. The van der Waals surface area contributed by atoms with Crippen molar-refractivity contribution in [1.29, 1.82) is 5.26 Å². The van der Waals surface area contributed by atoms with Gasteiger partial charge >= 0.3 is 6.18 Å². The topological polar surface area (TPSA) is 61.2 Å². The SMILES string of the molecule is N#Cc1c(N2C(=O)C[C@H](c3ccc(C(F)(F)F)cc3)C3=C2CCCC3=O)sc2c1CCCCC2. The van der Waals surface area contributed by atoms with Crippen LogP contribution in [-0.2, 0) is 28.6 Å². The molecule has 0 N–H and O–H groups in total. The zero-order valence-corrected chi connectivity index (χ0v) is 19.3. The fourth-order valence-corrected chi connectivity index (χ4v) is 6.80. The predicted octanol–water partition coefficient (Wildman–Crippen LogP) is 6.44. The van der Waals surface area contributed by atoms with Crippen LogP contribution in [0.3, 0.4) is 0 Å². The lowest BCUT2D eigenvalue weighted by Gasteiger charge is -2.38. The maximum Gasteiger partial charge on any atom is 0.416 e. The van der Waals surface area contributed by atoms with Crippen molar-refractivity contribution in [1.82, 2.24) is 0 Å². The van der Waals surface area contributed by atoms with E-state index in [1.165, 1.54) is 23.5 Å². The fraction of sp³-hybridized carbons (Fsp3) is 0.423. The van der Waals surface area contributed by atoms with Gasteiger partial charge in [0, 0.05) is 34.9 Å². The molecule has 5 rings (SSSR count). The number of hydrogen-bond donors (Lipinski definition) is 0. The number of halogens is 3. The molecule has 3 aliphatic rings. The Balaban J connectivity index is 1.61. The first-order valence-electron chi connectivity index (χ1n) is 11.6. The molecule has 2 aromatic rings. The summed E-state index contributed by atoms with van der Waals surface area (Å²) in [5.41, 5.74) is 2.47. The molecule has 2 aliphatic carbocycles. The highest BCUT2D eigenvalue weighted by atomic mass is 32.1. The summed E-state index contributed by atoms with van der Waals surface area (Å²) in [6.45, 7) is 0. The fourth-order valence-electron chi connectivity index (χ4n) is 5.42. The summed E-state index contributed by atoms with van der Waals surface area (Å²) in [4.78, 5) is 29.3. The zero-order valence-electron chi connectivity index (χ0n) is 18.5. The Bertz CT molecular complexity index is 1230. The normalized spacial score (nSPS) is 21.1. The quantitative estimate of drug-likeness (QED) is 0.461. The monoisotopic (exact) mass is 484 g/mol. The zero-order chi connectivity index (χ0) is 24.0. The predicted molar refractivity (Wildman–Crippen MR) is 122 cm³/mol. The Morgan fingerprint density at radius 3 is 2.41 bits per heavy atom. The first-order chi connectivity index (χ1) is 16.3. The van der Waals surface area contributed by atoms with Crippen LogP contribution in [0.25, 0.3) is 0 Å². The van der Waals surface area contributed by atoms with Crippen LogP contribution in [-0.4, -0.2) is 11.7 Å². The highest BCUT2D eigenvalue weighted by Crippen LogP contribution is 2.48. The number of amides is 1. The van der Waals surface area contributed by atoms with Crippen LogP contribution in [0, 0.1) is 11.3 Å². The van der Waals surface area contributed by atoms with Gasteiger partial charge in [-0.3, -0.25) is 14.5 Å². The highest BCUT2D eigenvalue weighted by molar-refractivity contribution is 7.16. The number of carbonyl (C=O) groups is 2. The summed E-state index contributed by atoms with van der Waals surface area (Å²) in [5, 5.41) is 10.6. The van der Waals surface area contributed by atoms with Gasteiger partial charge in [0.15, 0.2) is 5.78 Å². The number of anilines is 1. The van der Waals surface area contributed by atoms with E-state index in [1.54, 1.807) is 4.90 Å². The van der Waals surface area contributed by atoms with Gasteiger partial charge in [0.1, 0.15) is 11.1 Å². The molecule has 0 radical (unpaired) electrons. The third-order valence-electron chi connectivity index (χ3n) is 7.03. The minimum atomic E-state index is -4.45. The molecule has 0 unspecified atom stereocenters. The van der Waals surface area contributed by atoms with Crippen molar-refractivity contribution < 1.29 is 22.8 Å². The Labute approximate surface area is 199 Å². The van der Waals surface area contributed by atoms with Gasteiger partial charge in [0.2, 0.25) is 5.91 Å². The molecule has 1 atom stereocenters. The van der Waals surface area contributed by atoms with Crippen molar-refractivity contribution in [2.75, 3.05) is 4.90 Å². The number of nitriles is 1. The molecule has 0 fully saturated rings. The average molecular weight is 485 g/mol. The Hall–Kier alpha value is -2.92. The second-order valence-corrected chi connectivity index (χ2v) is 10.2. The molecule has 8 heteroatoms. The van der Waals surface area contributed by atoms with E-state index in [4.69, 9.17) is 0 Å². The van der Waals surface area contributed by atoms with Crippen LogP contribution >= 0.6 is 11.3 Å². The lowest BCUT2D eigenvalue weighted by molar-refractivity contribution is -0.137. The number of ketones is 1. The van der Waals surface area contributed by atoms with Crippen LogP contribution in [0.15, 0.2) is 35.5 Å². The first kappa shape index (κ1) is 22.9. The first-order valence-corrected chi connectivity index (χ1v) is 12.4. The van der Waals surface area contributed by atoms with Crippen molar-refractivity contribution in [2.45, 2.75) is 69.9 Å². The van der Waals surface area contributed by atoms with Crippen molar-refractivity contribution in [3.05, 3.63) is 62.7 Å². The maximum absolute atomic E-state index is 13.5. The van der Waals surface area contributed by atoms with Crippen molar-refractivity contribution in [2.24, 2.45) is 0 Å². The molecule has 0 spiro atoms. The number of thiophene rings is 1. The maximum atomic E-state index is 13.5. The van der Waals surface area contributed by atoms with Gasteiger partial charge in [-0.2, -0.15) is 18.4 Å². The molecule has 1 aliphatic heterocycles. The third kappa shape index (κ3) is 3.86. The third-order valence-corrected chi connectivity index (χ3v) is 8.31. The van der Waals surface area contributed by atoms with Crippen molar-refractivity contribution >= 4 is 28.0 Å². The molecule has 1 aromatic heterocycles. The molecule has 0 saturated heterocycles. The minimum absolute atomic E-state index is 0.0105. The molecule has 0 bridgehead atoms. The summed E-state index contributed by atoms with van der Waals surface area (Å²) < 4.78 is 39.1.